The highest BCUT2D eigenvalue weighted by molar-refractivity contribution is 9.10. The van der Waals surface area contributed by atoms with Gasteiger partial charge in [0.1, 0.15) is 11.6 Å². The Balaban J connectivity index is 2.80. The lowest BCUT2D eigenvalue weighted by molar-refractivity contribution is 0.376. The molecule has 0 aliphatic rings. The van der Waals surface area contributed by atoms with E-state index < -0.39 is 0 Å². The number of benzene rings is 1. The summed E-state index contributed by atoms with van der Waals surface area (Å²) in [6.45, 7) is 5.50. The van der Waals surface area contributed by atoms with Crippen molar-refractivity contribution in [1.29, 1.82) is 0 Å². The van der Waals surface area contributed by atoms with E-state index in [-0.39, 0.29) is 5.82 Å². The Morgan fingerprint density at radius 1 is 1.44 bits per heavy atom. The van der Waals surface area contributed by atoms with E-state index in [4.69, 9.17) is 17.0 Å². The molecule has 1 aromatic rings. The first kappa shape index (κ1) is 13.4. The molecular weight excluding hydrogens is 293 g/mol. The van der Waals surface area contributed by atoms with E-state index in [1.54, 1.807) is 12.1 Å². The topological polar surface area (TPSA) is 12.5 Å². The standard InChI is InChI=1S/C11H13BrFNOS/c1-3-14(4-2)11(16)15-9-7-5-6-8(13)10(9)12/h5-7H,3-4H2,1-2H3. The van der Waals surface area contributed by atoms with Crippen molar-refractivity contribution in [2.24, 2.45) is 0 Å². The molecule has 1 rings (SSSR count). The zero-order valence-corrected chi connectivity index (χ0v) is 11.6. The van der Waals surface area contributed by atoms with Crippen molar-refractivity contribution in [2.75, 3.05) is 13.1 Å². The van der Waals surface area contributed by atoms with Gasteiger partial charge in [0.25, 0.3) is 5.17 Å². The van der Waals surface area contributed by atoms with Gasteiger partial charge in [0.2, 0.25) is 0 Å². The van der Waals surface area contributed by atoms with Crippen LogP contribution in [-0.2, 0) is 0 Å². The summed E-state index contributed by atoms with van der Waals surface area (Å²) in [6, 6.07) is 4.61. The monoisotopic (exact) mass is 305 g/mol. The summed E-state index contributed by atoms with van der Waals surface area (Å²) >= 11 is 8.24. The van der Waals surface area contributed by atoms with E-state index in [0.29, 0.717) is 15.4 Å². The lowest BCUT2D eigenvalue weighted by Gasteiger charge is -2.21. The van der Waals surface area contributed by atoms with Gasteiger partial charge in [0, 0.05) is 13.1 Å². The van der Waals surface area contributed by atoms with E-state index in [2.05, 4.69) is 15.9 Å². The lowest BCUT2D eigenvalue weighted by Crippen LogP contribution is -2.32. The molecule has 0 saturated heterocycles. The van der Waals surface area contributed by atoms with Gasteiger partial charge in [-0.2, -0.15) is 0 Å². The smallest absolute Gasteiger partial charge is 0.264 e. The van der Waals surface area contributed by atoms with Crippen LogP contribution in [0.4, 0.5) is 4.39 Å². The van der Waals surface area contributed by atoms with E-state index in [9.17, 15) is 4.39 Å². The SMILES string of the molecule is CCN(CC)C(=S)Oc1cccc(F)c1Br. The van der Waals surface area contributed by atoms with Crippen molar-refractivity contribution in [3.8, 4) is 5.75 Å². The van der Waals surface area contributed by atoms with Gasteiger partial charge in [-0.1, -0.05) is 6.07 Å². The fourth-order valence-electron chi connectivity index (χ4n) is 1.20. The van der Waals surface area contributed by atoms with Crippen LogP contribution in [0.5, 0.6) is 5.75 Å². The molecule has 5 heteroatoms. The third-order valence-corrected chi connectivity index (χ3v) is 3.25. The zero-order chi connectivity index (χ0) is 12.1. The molecule has 0 saturated carbocycles. The first-order valence-electron chi connectivity index (χ1n) is 5.00. The van der Waals surface area contributed by atoms with Gasteiger partial charge in [-0.05, 0) is 54.1 Å². The van der Waals surface area contributed by atoms with Crippen LogP contribution in [0.2, 0.25) is 0 Å². The highest BCUT2D eigenvalue weighted by Crippen LogP contribution is 2.27. The van der Waals surface area contributed by atoms with E-state index >= 15 is 0 Å². The normalized spacial score (nSPS) is 10.0. The molecule has 0 N–H and O–H groups in total. The largest absolute Gasteiger partial charge is 0.430 e. The summed E-state index contributed by atoms with van der Waals surface area (Å²) in [4.78, 5) is 1.88. The molecule has 0 bridgehead atoms. The molecule has 16 heavy (non-hydrogen) atoms. The molecule has 0 aromatic heterocycles. The van der Waals surface area contributed by atoms with Crippen LogP contribution in [-0.4, -0.2) is 23.2 Å². The van der Waals surface area contributed by atoms with Gasteiger partial charge in [0.05, 0.1) is 4.47 Å². The van der Waals surface area contributed by atoms with Crippen LogP contribution < -0.4 is 4.74 Å². The Bertz CT molecular complexity index is 382. The minimum absolute atomic E-state index is 0.296. The number of halogens is 2. The minimum Gasteiger partial charge on any atom is -0.430 e. The molecule has 0 heterocycles. The molecule has 0 aliphatic heterocycles. The average molecular weight is 306 g/mol. The van der Waals surface area contributed by atoms with Gasteiger partial charge >= 0.3 is 0 Å². The Morgan fingerprint density at radius 3 is 2.62 bits per heavy atom. The zero-order valence-electron chi connectivity index (χ0n) is 9.17. The van der Waals surface area contributed by atoms with Crippen LogP contribution in [0.25, 0.3) is 0 Å². The van der Waals surface area contributed by atoms with E-state index in [1.165, 1.54) is 6.07 Å². The summed E-state index contributed by atoms with van der Waals surface area (Å²) in [5, 5.41) is 0.358. The van der Waals surface area contributed by atoms with Crippen molar-refractivity contribution in [1.82, 2.24) is 4.90 Å². The van der Waals surface area contributed by atoms with Crippen LogP contribution in [0.1, 0.15) is 13.8 Å². The number of thiocarbonyl (C=S) groups is 1. The molecule has 88 valence electrons. The molecular formula is C11H13BrFNOS. The van der Waals surface area contributed by atoms with Crippen molar-refractivity contribution >= 4 is 33.3 Å². The highest BCUT2D eigenvalue weighted by atomic mass is 79.9. The Hall–Kier alpha value is -0.680. The number of rotatable bonds is 3. The second-order valence-electron chi connectivity index (χ2n) is 3.09. The van der Waals surface area contributed by atoms with Gasteiger partial charge in [-0.3, -0.25) is 0 Å². The summed E-state index contributed by atoms with van der Waals surface area (Å²) in [5.74, 6) is 0.0387. The van der Waals surface area contributed by atoms with Gasteiger partial charge in [0.15, 0.2) is 0 Å². The van der Waals surface area contributed by atoms with Crippen LogP contribution in [0.15, 0.2) is 22.7 Å². The summed E-state index contributed by atoms with van der Waals surface area (Å²) < 4.78 is 18.9. The van der Waals surface area contributed by atoms with E-state index in [1.807, 2.05) is 18.7 Å². The van der Waals surface area contributed by atoms with Crippen LogP contribution >= 0.6 is 28.1 Å². The van der Waals surface area contributed by atoms with Gasteiger partial charge in [-0.25, -0.2) is 4.39 Å². The predicted octanol–water partition coefficient (Wildman–Crippen LogP) is 3.59. The molecule has 0 radical (unpaired) electrons. The Morgan fingerprint density at radius 2 is 2.06 bits per heavy atom. The first-order chi connectivity index (χ1) is 7.60. The van der Waals surface area contributed by atoms with Crippen LogP contribution in [0.3, 0.4) is 0 Å². The molecule has 0 fully saturated rings. The van der Waals surface area contributed by atoms with Gasteiger partial charge < -0.3 is 9.64 Å². The molecule has 0 amide bonds. The van der Waals surface area contributed by atoms with Gasteiger partial charge in [-0.15, -0.1) is 0 Å². The fourth-order valence-corrected chi connectivity index (χ4v) is 1.90. The molecule has 1 aromatic carbocycles. The predicted molar refractivity (Wildman–Crippen MR) is 70.2 cm³/mol. The second kappa shape index (κ2) is 6.15. The van der Waals surface area contributed by atoms with Crippen LogP contribution in [0, 0.1) is 5.82 Å². The first-order valence-corrected chi connectivity index (χ1v) is 6.21. The molecule has 2 nitrogen and oxygen atoms in total. The molecule has 0 atom stereocenters. The summed E-state index contributed by atoms with van der Waals surface area (Å²) in [6.07, 6.45) is 0. The molecule has 0 spiro atoms. The highest BCUT2D eigenvalue weighted by Gasteiger charge is 2.11. The average Bonchev–Trinajstić information content (AvgIpc) is 2.26. The lowest BCUT2D eigenvalue weighted by atomic mass is 10.3. The Labute approximate surface area is 109 Å². The number of hydrogen-bond acceptors (Lipinski definition) is 2. The van der Waals surface area contributed by atoms with E-state index in [0.717, 1.165) is 13.1 Å². The van der Waals surface area contributed by atoms with Crippen molar-refractivity contribution < 1.29 is 9.13 Å². The maximum atomic E-state index is 13.2. The third kappa shape index (κ3) is 3.15. The maximum Gasteiger partial charge on any atom is 0.264 e. The second-order valence-corrected chi connectivity index (χ2v) is 4.23. The molecule has 0 aliphatic carbocycles. The minimum atomic E-state index is -0.361. The van der Waals surface area contributed by atoms with Crippen molar-refractivity contribution in [3.63, 3.8) is 0 Å². The fraction of sp³-hybridized carbons (Fsp3) is 0.364. The Kier molecular flexibility index (Phi) is 5.15. The summed E-state index contributed by atoms with van der Waals surface area (Å²) in [7, 11) is 0. The van der Waals surface area contributed by atoms with Crippen molar-refractivity contribution in [2.45, 2.75) is 13.8 Å². The number of hydrogen-bond donors (Lipinski definition) is 0. The quantitative estimate of drug-likeness (QED) is 0.792. The maximum absolute atomic E-state index is 13.2. The summed E-state index contributed by atoms with van der Waals surface area (Å²) in [5.41, 5.74) is 0. The third-order valence-electron chi connectivity index (χ3n) is 2.14. The molecule has 0 unspecified atom stereocenters. The number of ether oxygens (including phenoxy) is 1. The van der Waals surface area contributed by atoms with Crippen molar-refractivity contribution in [3.05, 3.63) is 28.5 Å². The number of nitrogens with zero attached hydrogens (tertiary/aromatic N) is 1.